The minimum atomic E-state index is -0.254. The second-order valence-corrected chi connectivity index (χ2v) is 6.64. The van der Waals surface area contributed by atoms with Gasteiger partial charge in [0.25, 0.3) is 0 Å². The van der Waals surface area contributed by atoms with Crippen LogP contribution in [-0.2, 0) is 6.42 Å². The molecule has 0 aliphatic rings. The predicted octanol–water partition coefficient (Wildman–Crippen LogP) is 4.56. The first-order valence-electron chi connectivity index (χ1n) is 8.40. The number of phenolic OH excluding ortho intramolecular Hbond substituents is 1. The van der Waals surface area contributed by atoms with Crippen LogP contribution in [0.3, 0.4) is 0 Å². The summed E-state index contributed by atoms with van der Waals surface area (Å²) >= 11 is 6.23. The molecule has 0 atom stereocenters. The maximum absolute atomic E-state index is 11.3. The van der Waals surface area contributed by atoms with Crippen molar-refractivity contribution in [2.45, 2.75) is 6.42 Å². The molecule has 0 bridgehead atoms. The van der Waals surface area contributed by atoms with E-state index in [-0.39, 0.29) is 11.4 Å². The number of aliphatic imine (C=N–C) groups is 1. The molecule has 0 aliphatic heterocycles. The molecule has 3 aromatic carbocycles. The van der Waals surface area contributed by atoms with Gasteiger partial charge in [0.1, 0.15) is 5.75 Å². The number of aromatic amines is 2. The van der Waals surface area contributed by atoms with Crippen LogP contribution in [0, 0.1) is 0 Å². The molecular formula is C21H16ClN3O2. The zero-order valence-electron chi connectivity index (χ0n) is 14.2. The van der Waals surface area contributed by atoms with Gasteiger partial charge in [0.15, 0.2) is 0 Å². The Morgan fingerprint density at radius 3 is 2.67 bits per heavy atom. The number of rotatable bonds is 4. The van der Waals surface area contributed by atoms with E-state index < -0.39 is 0 Å². The monoisotopic (exact) mass is 377 g/mol. The van der Waals surface area contributed by atoms with Crippen LogP contribution in [0.4, 0.5) is 5.69 Å². The van der Waals surface area contributed by atoms with Gasteiger partial charge in [-0.1, -0.05) is 35.9 Å². The van der Waals surface area contributed by atoms with Crippen molar-refractivity contribution in [2.75, 3.05) is 0 Å². The first-order chi connectivity index (χ1) is 13.1. The summed E-state index contributed by atoms with van der Waals surface area (Å²) in [5, 5.41) is 10.9. The van der Waals surface area contributed by atoms with Crippen LogP contribution in [0.25, 0.3) is 11.0 Å². The van der Waals surface area contributed by atoms with E-state index in [0.717, 1.165) is 21.7 Å². The molecule has 4 aromatic rings. The molecule has 0 fully saturated rings. The standard InChI is InChI=1S/C21H16ClN3O2/c22-17-4-2-1-3-14(17)9-13-5-8-20(26)15(10-13)12-23-16-6-7-18-19(11-16)25-21(27)24-18/h1-8,10-12,26H,9H2,(H2,24,25,27). The number of halogens is 1. The van der Waals surface area contributed by atoms with Crippen molar-refractivity contribution in [3.8, 4) is 5.75 Å². The molecule has 0 unspecified atom stereocenters. The van der Waals surface area contributed by atoms with Gasteiger partial charge in [0, 0.05) is 16.8 Å². The molecule has 1 heterocycles. The van der Waals surface area contributed by atoms with E-state index in [2.05, 4.69) is 15.0 Å². The molecule has 5 nitrogen and oxygen atoms in total. The van der Waals surface area contributed by atoms with Crippen LogP contribution in [0.2, 0.25) is 5.02 Å². The lowest BCUT2D eigenvalue weighted by molar-refractivity contribution is 0.474. The molecule has 0 aliphatic carbocycles. The van der Waals surface area contributed by atoms with E-state index in [1.807, 2.05) is 36.4 Å². The van der Waals surface area contributed by atoms with Gasteiger partial charge in [0.2, 0.25) is 0 Å². The first kappa shape index (κ1) is 17.1. The highest BCUT2D eigenvalue weighted by Gasteiger charge is 2.05. The fourth-order valence-corrected chi connectivity index (χ4v) is 3.13. The third-order valence-electron chi connectivity index (χ3n) is 4.30. The number of H-pyrrole nitrogens is 2. The molecule has 0 radical (unpaired) electrons. The topological polar surface area (TPSA) is 81.2 Å². The second-order valence-electron chi connectivity index (χ2n) is 6.23. The lowest BCUT2D eigenvalue weighted by Crippen LogP contribution is -1.99. The van der Waals surface area contributed by atoms with Crippen molar-refractivity contribution in [3.63, 3.8) is 0 Å². The molecule has 0 spiro atoms. The summed E-state index contributed by atoms with van der Waals surface area (Å²) in [4.78, 5) is 21.2. The highest BCUT2D eigenvalue weighted by Crippen LogP contribution is 2.23. The maximum atomic E-state index is 11.3. The Kier molecular flexibility index (Phi) is 4.52. The summed E-state index contributed by atoms with van der Waals surface area (Å²) in [5.74, 6) is 0.151. The summed E-state index contributed by atoms with van der Waals surface area (Å²) < 4.78 is 0. The quantitative estimate of drug-likeness (QED) is 0.456. The summed E-state index contributed by atoms with van der Waals surface area (Å²) in [6, 6.07) is 18.5. The number of aromatic nitrogens is 2. The molecule has 0 saturated heterocycles. The Hall–Kier alpha value is -3.31. The van der Waals surface area contributed by atoms with Crippen LogP contribution >= 0.6 is 11.6 Å². The molecule has 27 heavy (non-hydrogen) atoms. The summed E-state index contributed by atoms with van der Waals surface area (Å²) in [6.45, 7) is 0. The molecule has 4 rings (SSSR count). The third kappa shape index (κ3) is 3.78. The normalized spacial score (nSPS) is 11.4. The number of aromatic hydroxyl groups is 1. The zero-order chi connectivity index (χ0) is 18.8. The van der Waals surface area contributed by atoms with Crippen molar-refractivity contribution >= 4 is 34.5 Å². The fourth-order valence-electron chi connectivity index (χ4n) is 2.92. The second kappa shape index (κ2) is 7.13. The average Bonchev–Trinajstić information content (AvgIpc) is 3.03. The summed E-state index contributed by atoms with van der Waals surface area (Å²) in [7, 11) is 0. The smallest absolute Gasteiger partial charge is 0.323 e. The highest BCUT2D eigenvalue weighted by atomic mass is 35.5. The Bertz CT molecular complexity index is 1210. The lowest BCUT2D eigenvalue weighted by Gasteiger charge is -2.06. The van der Waals surface area contributed by atoms with Crippen LogP contribution in [0.15, 0.2) is 70.5 Å². The molecule has 0 amide bonds. The first-order valence-corrected chi connectivity index (χ1v) is 8.78. The Labute approximate surface area is 160 Å². The largest absolute Gasteiger partial charge is 0.507 e. The number of nitrogens with one attached hydrogen (secondary N) is 2. The van der Waals surface area contributed by atoms with E-state index in [1.54, 1.807) is 30.5 Å². The number of fused-ring (bicyclic) bond motifs is 1. The van der Waals surface area contributed by atoms with Crippen molar-refractivity contribution < 1.29 is 5.11 Å². The minimum absolute atomic E-state index is 0.151. The van der Waals surface area contributed by atoms with Crippen LogP contribution in [0.5, 0.6) is 5.75 Å². The highest BCUT2D eigenvalue weighted by molar-refractivity contribution is 6.31. The number of hydrogen-bond donors (Lipinski definition) is 3. The van der Waals surface area contributed by atoms with Crippen molar-refractivity contribution in [2.24, 2.45) is 4.99 Å². The van der Waals surface area contributed by atoms with E-state index in [4.69, 9.17) is 11.6 Å². The van der Waals surface area contributed by atoms with Gasteiger partial charge in [-0.25, -0.2) is 4.79 Å². The summed E-state index contributed by atoms with van der Waals surface area (Å²) in [6.07, 6.45) is 2.27. The lowest BCUT2D eigenvalue weighted by atomic mass is 10.0. The molecule has 134 valence electrons. The molecule has 0 saturated carbocycles. The minimum Gasteiger partial charge on any atom is -0.507 e. The number of benzene rings is 3. The van der Waals surface area contributed by atoms with E-state index in [9.17, 15) is 9.90 Å². The molecular weight excluding hydrogens is 362 g/mol. The molecule has 1 aromatic heterocycles. The van der Waals surface area contributed by atoms with Gasteiger partial charge in [0.05, 0.1) is 16.7 Å². The SMILES string of the molecule is O=c1[nH]c2ccc(N=Cc3cc(Cc4ccccc4Cl)ccc3O)cc2[nH]1. The number of phenols is 1. The predicted molar refractivity (Wildman–Crippen MR) is 109 cm³/mol. The number of nitrogens with zero attached hydrogens (tertiary/aromatic N) is 1. The van der Waals surface area contributed by atoms with Crippen molar-refractivity contribution in [1.82, 2.24) is 9.97 Å². The van der Waals surface area contributed by atoms with E-state index in [0.29, 0.717) is 23.2 Å². The van der Waals surface area contributed by atoms with Gasteiger partial charge < -0.3 is 15.1 Å². The van der Waals surface area contributed by atoms with Crippen molar-refractivity contribution in [1.29, 1.82) is 0 Å². The zero-order valence-corrected chi connectivity index (χ0v) is 15.0. The van der Waals surface area contributed by atoms with Gasteiger partial charge in [-0.2, -0.15) is 0 Å². The Morgan fingerprint density at radius 1 is 1.00 bits per heavy atom. The van der Waals surface area contributed by atoms with E-state index in [1.165, 1.54) is 0 Å². The molecule has 3 N–H and O–H groups in total. The van der Waals surface area contributed by atoms with Gasteiger partial charge in [-0.15, -0.1) is 0 Å². The van der Waals surface area contributed by atoms with Gasteiger partial charge in [-0.05, 0) is 53.9 Å². The fraction of sp³-hybridized carbons (Fsp3) is 0.0476. The van der Waals surface area contributed by atoms with Crippen LogP contribution < -0.4 is 5.69 Å². The third-order valence-corrected chi connectivity index (χ3v) is 4.67. The Morgan fingerprint density at radius 2 is 1.81 bits per heavy atom. The van der Waals surface area contributed by atoms with Gasteiger partial charge >= 0.3 is 5.69 Å². The van der Waals surface area contributed by atoms with Crippen LogP contribution in [-0.4, -0.2) is 21.3 Å². The molecule has 6 heteroatoms. The van der Waals surface area contributed by atoms with E-state index >= 15 is 0 Å². The van der Waals surface area contributed by atoms with Crippen molar-refractivity contribution in [3.05, 3.63) is 92.9 Å². The average molecular weight is 378 g/mol. The number of imidazole rings is 1. The van der Waals surface area contributed by atoms with Crippen LogP contribution in [0.1, 0.15) is 16.7 Å². The summed E-state index contributed by atoms with van der Waals surface area (Å²) in [5.41, 5.74) is 4.49. The Balaban J connectivity index is 1.61. The maximum Gasteiger partial charge on any atom is 0.323 e. The van der Waals surface area contributed by atoms with Gasteiger partial charge in [-0.3, -0.25) is 4.99 Å². The number of hydrogen-bond acceptors (Lipinski definition) is 3.